The van der Waals surface area contributed by atoms with Gasteiger partial charge in [0.15, 0.2) is 0 Å². The van der Waals surface area contributed by atoms with Crippen LogP contribution in [0.2, 0.25) is 0 Å². The molecule has 4 nitrogen and oxygen atoms in total. The summed E-state index contributed by atoms with van der Waals surface area (Å²) in [5.41, 5.74) is 8.68. The van der Waals surface area contributed by atoms with Gasteiger partial charge in [-0.2, -0.15) is 0 Å². The van der Waals surface area contributed by atoms with E-state index in [1.54, 1.807) is 17.2 Å². The highest BCUT2D eigenvalue weighted by molar-refractivity contribution is 5.81. The standard InChI is InChI=1S/C48H76O4/c1-5-9-12-19-28-43-36-35-42(39-45(43)30-21-14-11-7-3)27-25-33-48(50)52-38-23-18-16-15-17-22-31-46-40-41(26-24-32-47(49)51-8-4)34-37-44(46)29-20-13-10-6-2/h24,32,34-37,39-40H,5-23,25-31,33,38H2,1-4H3/b32-24+. The topological polar surface area (TPSA) is 52.6 Å². The second-order valence-corrected chi connectivity index (χ2v) is 14.9. The molecule has 0 amide bonds. The van der Waals surface area contributed by atoms with Crippen LogP contribution in [0.4, 0.5) is 0 Å². The van der Waals surface area contributed by atoms with Crippen LogP contribution in [-0.4, -0.2) is 25.2 Å². The lowest BCUT2D eigenvalue weighted by Crippen LogP contribution is -2.06. The van der Waals surface area contributed by atoms with Gasteiger partial charge in [-0.15, -0.1) is 0 Å². The number of benzene rings is 2. The number of ether oxygens (including phenoxy) is 2. The van der Waals surface area contributed by atoms with Crippen molar-refractivity contribution in [1.29, 1.82) is 0 Å². The zero-order valence-corrected chi connectivity index (χ0v) is 34.1. The van der Waals surface area contributed by atoms with Crippen LogP contribution in [0, 0.1) is 0 Å². The molecule has 0 bridgehead atoms. The Balaban J connectivity index is 1.66. The highest BCUT2D eigenvalue weighted by atomic mass is 16.5. The first kappa shape index (κ1) is 45.3. The second-order valence-electron chi connectivity index (χ2n) is 14.9. The molecular weight excluding hydrogens is 641 g/mol. The third-order valence-corrected chi connectivity index (χ3v) is 10.3. The van der Waals surface area contributed by atoms with E-state index >= 15 is 0 Å². The Hall–Kier alpha value is -2.88. The van der Waals surface area contributed by atoms with Crippen molar-refractivity contribution in [1.82, 2.24) is 0 Å². The van der Waals surface area contributed by atoms with Gasteiger partial charge in [0.05, 0.1) is 13.2 Å². The average Bonchev–Trinajstić information content (AvgIpc) is 3.14. The van der Waals surface area contributed by atoms with E-state index in [1.165, 1.54) is 138 Å². The van der Waals surface area contributed by atoms with Crippen molar-refractivity contribution in [3.05, 3.63) is 81.9 Å². The Morgan fingerprint density at radius 1 is 0.500 bits per heavy atom. The maximum atomic E-state index is 12.5. The zero-order chi connectivity index (χ0) is 37.5. The van der Waals surface area contributed by atoms with Gasteiger partial charge in [0.2, 0.25) is 0 Å². The molecule has 0 aliphatic heterocycles. The Morgan fingerprint density at radius 2 is 0.981 bits per heavy atom. The lowest BCUT2D eigenvalue weighted by Gasteiger charge is -2.13. The molecule has 0 spiro atoms. The minimum atomic E-state index is -0.268. The molecule has 0 atom stereocenters. The van der Waals surface area contributed by atoms with Crippen molar-refractivity contribution in [2.45, 2.75) is 195 Å². The van der Waals surface area contributed by atoms with Crippen molar-refractivity contribution in [2.24, 2.45) is 0 Å². The third-order valence-electron chi connectivity index (χ3n) is 10.3. The minimum absolute atomic E-state index is 0.0450. The normalized spacial score (nSPS) is 11.4. The number of carbonyl (C=O) groups excluding carboxylic acids is 2. The number of hydrogen-bond acceptors (Lipinski definition) is 4. The van der Waals surface area contributed by atoms with Crippen LogP contribution in [0.3, 0.4) is 0 Å². The maximum Gasteiger partial charge on any atom is 0.330 e. The van der Waals surface area contributed by atoms with Gasteiger partial charge in [-0.25, -0.2) is 4.79 Å². The summed E-state index contributed by atoms with van der Waals surface area (Å²) in [6, 6.07) is 14.0. The highest BCUT2D eigenvalue weighted by Gasteiger charge is 2.09. The molecule has 2 rings (SSSR count). The molecule has 0 N–H and O–H groups in total. The molecule has 4 heteroatoms. The van der Waals surface area contributed by atoms with Crippen LogP contribution >= 0.6 is 0 Å². The van der Waals surface area contributed by atoms with E-state index in [-0.39, 0.29) is 11.9 Å². The molecule has 292 valence electrons. The minimum Gasteiger partial charge on any atom is -0.466 e. The molecule has 0 unspecified atom stereocenters. The fourth-order valence-electron chi connectivity index (χ4n) is 7.12. The molecule has 0 aromatic heterocycles. The summed E-state index contributed by atoms with van der Waals surface area (Å²) >= 11 is 0. The van der Waals surface area contributed by atoms with Gasteiger partial charge in [0.25, 0.3) is 0 Å². The summed E-state index contributed by atoms with van der Waals surface area (Å²) in [5, 5.41) is 0. The van der Waals surface area contributed by atoms with Gasteiger partial charge in [0.1, 0.15) is 0 Å². The summed E-state index contributed by atoms with van der Waals surface area (Å²) in [5.74, 6) is -0.313. The first-order chi connectivity index (χ1) is 25.5. The smallest absolute Gasteiger partial charge is 0.330 e. The van der Waals surface area contributed by atoms with E-state index in [9.17, 15) is 9.59 Å². The number of unbranched alkanes of at least 4 members (excludes halogenated alkanes) is 14. The number of rotatable bonds is 32. The van der Waals surface area contributed by atoms with Crippen LogP contribution in [0.1, 0.15) is 189 Å². The maximum absolute atomic E-state index is 12.5. The molecule has 52 heavy (non-hydrogen) atoms. The Morgan fingerprint density at radius 3 is 1.54 bits per heavy atom. The van der Waals surface area contributed by atoms with Crippen molar-refractivity contribution in [3.63, 3.8) is 0 Å². The van der Waals surface area contributed by atoms with Crippen molar-refractivity contribution in [2.75, 3.05) is 13.2 Å². The number of esters is 2. The van der Waals surface area contributed by atoms with Crippen molar-refractivity contribution < 1.29 is 19.1 Å². The third kappa shape index (κ3) is 21.6. The van der Waals surface area contributed by atoms with E-state index in [4.69, 9.17) is 9.47 Å². The predicted octanol–water partition coefficient (Wildman–Crippen LogP) is 13.2. The van der Waals surface area contributed by atoms with Gasteiger partial charge in [0, 0.05) is 12.5 Å². The van der Waals surface area contributed by atoms with Gasteiger partial charge < -0.3 is 9.47 Å². The number of aryl methyl sites for hydroxylation is 5. The Kier molecular flexibility index (Phi) is 26.6. The molecule has 0 aliphatic rings. The van der Waals surface area contributed by atoms with E-state index in [1.807, 2.05) is 13.0 Å². The van der Waals surface area contributed by atoms with Gasteiger partial charge in [-0.1, -0.05) is 147 Å². The summed E-state index contributed by atoms with van der Waals surface area (Å²) in [6.07, 6.45) is 33.6. The van der Waals surface area contributed by atoms with Gasteiger partial charge in [-0.3, -0.25) is 4.79 Å². The molecule has 0 fully saturated rings. The van der Waals surface area contributed by atoms with E-state index in [2.05, 4.69) is 57.2 Å². The van der Waals surface area contributed by atoms with Crippen LogP contribution in [-0.2, 0) is 57.6 Å². The summed E-state index contributed by atoms with van der Waals surface area (Å²) < 4.78 is 10.6. The predicted molar refractivity (Wildman–Crippen MR) is 221 cm³/mol. The monoisotopic (exact) mass is 717 g/mol. The Bertz CT molecular complexity index is 1240. The largest absolute Gasteiger partial charge is 0.466 e. The molecule has 0 saturated heterocycles. The SMILES string of the molecule is CCCCCCc1ccc(CCCC(=O)OCCCCCCCCc2cc(C/C=C/C(=O)OCC)ccc2CCCCCC)cc1CCCCCC. The molecule has 0 aliphatic carbocycles. The fraction of sp³-hybridized carbons (Fsp3) is 0.667. The molecule has 0 radical (unpaired) electrons. The molecular formula is C48H76O4. The molecule has 2 aromatic carbocycles. The molecule has 0 saturated carbocycles. The van der Waals surface area contributed by atoms with Crippen molar-refractivity contribution in [3.8, 4) is 0 Å². The van der Waals surface area contributed by atoms with Crippen LogP contribution in [0.5, 0.6) is 0 Å². The van der Waals surface area contributed by atoms with Crippen LogP contribution < -0.4 is 0 Å². The quantitative estimate of drug-likeness (QED) is 0.0430. The fourth-order valence-corrected chi connectivity index (χ4v) is 7.12. The van der Waals surface area contributed by atoms with Crippen LogP contribution in [0.25, 0.3) is 0 Å². The first-order valence-corrected chi connectivity index (χ1v) is 21.7. The lowest BCUT2D eigenvalue weighted by atomic mass is 9.93. The Labute approximate surface area is 319 Å². The lowest BCUT2D eigenvalue weighted by molar-refractivity contribution is -0.144. The zero-order valence-electron chi connectivity index (χ0n) is 34.1. The average molecular weight is 717 g/mol. The summed E-state index contributed by atoms with van der Waals surface area (Å²) in [7, 11) is 0. The summed E-state index contributed by atoms with van der Waals surface area (Å²) in [4.78, 5) is 24.1. The van der Waals surface area contributed by atoms with Gasteiger partial charge in [-0.05, 0) is 117 Å². The molecule has 0 heterocycles. The second kappa shape index (κ2) is 30.6. The number of hydrogen-bond donors (Lipinski definition) is 0. The van der Waals surface area contributed by atoms with Crippen LogP contribution in [0.15, 0.2) is 48.6 Å². The van der Waals surface area contributed by atoms with E-state index in [0.717, 1.165) is 44.9 Å². The highest BCUT2D eigenvalue weighted by Crippen LogP contribution is 2.22. The number of allylic oxidation sites excluding steroid dienone is 1. The number of carbonyl (C=O) groups is 2. The van der Waals surface area contributed by atoms with Gasteiger partial charge >= 0.3 is 11.9 Å². The summed E-state index contributed by atoms with van der Waals surface area (Å²) in [6.45, 7) is 9.60. The molecule has 2 aromatic rings. The van der Waals surface area contributed by atoms with Crippen molar-refractivity contribution >= 4 is 11.9 Å². The van der Waals surface area contributed by atoms with E-state index < -0.39 is 0 Å². The van der Waals surface area contributed by atoms with E-state index in [0.29, 0.717) is 19.6 Å². The first-order valence-electron chi connectivity index (χ1n) is 21.7.